The summed E-state index contributed by atoms with van der Waals surface area (Å²) in [4.78, 5) is 6.74. The highest BCUT2D eigenvalue weighted by atomic mass is 32.1. The molecule has 0 amide bonds. The lowest BCUT2D eigenvalue weighted by Gasteiger charge is -2.25. The Labute approximate surface area is 87.5 Å². The second-order valence-electron chi connectivity index (χ2n) is 3.15. The van der Waals surface area contributed by atoms with Crippen molar-refractivity contribution in [2.75, 3.05) is 38.3 Å². The summed E-state index contributed by atoms with van der Waals surface area (Å²) in [5.41, 5.74) is 1.01. The van der Waals surface area contributed by atoms with E-state index in [0.29, 0.717) is 6.61 Å². The summed E-state index contributed by atoms with van der Waals surface area (Å²) < 4.78 is 10.3. The lowest BCUT2D eigenvalue weighted by Crippen LogP contribution is -2.36. The van der Waals surface area contributed by atoms with Crippen molar-refractivity contribution in [2.24, 2.45) is 0 Å². The monoisotopic (exact) mass is 214 g/mol. The van der Waals surface area contributed by atoms with Gasteiger partial charge in [0, 0.05) is 25.6 Å². The molecular formula is C9H14N2O2S. The molecule has 0 radical (unpaired) electrons. The Morgan fingerprint density at radius 2 is 2.36 bits per heavy atom. The van der Waals surface area contributed by atoms with E-state index in [2.05, 4.69) is 9.88 Å². The van der Waals surface area contributed by atoms with Crippen molar-refractivity contribution in [3.63, 3.8) is 0 Å². The van der Waals surface area contributed by atoms with Gasteiger partial charge >= 0.3 is 0 Å². The van der Waals surface area contributed by atoms with Gasteiger partial charge in [0.1, 0.15) is 0 Å². The van der Waals surface area contributed by atoms with Crippen molar-refractivity contribution in [2.45, 2.75) is 6.61 Å². The first kappa shape index (κ1) is 9.89. The Hall–Kier alpha value is -0.650. The summed E-state index contributed by atoms with van der Waals surface area (Å²) in [7, 11) is 1.69. The molecule has 5 heteroatoms. The zero-order valence-electron chi connectivity index (χ0n) is 8.23. The molecule has 1 aliphatic heterocycles. The van der Waals surface area contributed by atoms with Gasteiger partial charge in [-0.1, -0.05) is 0 Å². The van der Waals surface area contributed by atoms with Gasteiger partial charge in [-0.2, -0.15) is 0 Å². The third-order valence-electron chi connectivity index (χ3n) is 2.11. The molecule has 0 aromatic carbocycles. The molecule has 0 spiro atoms. The van der Waals surface area contributed by atoms with E-state index in [0.717, 1.165) is 37.1 Å². The molecule has 0 N–H and O–H groups in total. The van der Waals surface area contributed by atoms with E-state index in [9.17, 15) is 0 Å². The molecule has 1 aromatic heterocycles. The average Bonchev–Trinajstić information content (AvgIpc) is 2.68. The fourth-order valence-electron chi connectivity index (χ4n) is 1.41. The largest absolute Gasteiger partial charge is 0.378 e. The molecule has 0 bridgehead atoms. The number of ether oxygens (including phenoxy) is 2. The maximum atomic E-state index is 5.29. The Morgan fingerprint density at radius 1 is 1.57 bits per heavy atom. The zero-order valence-corrected chi connectivity index (χ0v) is 9.05. The summed E-state index contributed by atoms with van der Waals surface area (Å²) in [6, 6.07) is 0. The smallest absolute Gasteiger partial charge is 0.185 e. The minimum absolute atomic E-state index is 0.598. The third-order valence-corrected chi connectivity index (χ3v) is 3.06. The first-order chi connectivity index (χ1) is 6.90. The molecule has 0 aliphatic carbocycles. The van der Waals surface area contributed by atoms with Crippen LogP contribution in [0.15, 0.2) is 5.38 Å². The SMILES string of the molecule is COCc1csc(N2CCOCC2)n1. The van der Waals surface area contributed by atoms with E-state index >= 15 is 0 Å². The van der Waals surface area contributed by atoms with Crippen LogP contribution in [0.25, 0.3) is 0 Å². The van der Waals surface area contributed by atoms with Crippen LogP contribution >= 0.6 is 11.3 Å². The minimum Gasteiger partial charge on any atom is -0.378 e. The molecule has 1 aromatic rings. The van der Waals surface area contributed by atoms with Crippen LogP contribution in [0.4, 0.5) is 5.13 Å². The Kier molecular flexibility index (Phi) is 3.34. The van der Waals surface area contributed by atoms with Gasteiger partial charge in [-0.05, 0) is 0 Å². The second-order valence-corrected chi connectivity index (χ2v) is 3.99. The highest BCUT2D eigenvalue weighted by molar-refractivity contribution is 7.13. The summed E-state index contributed by atoms with van der Waals surface area (Å²) in [5, 5.41) is 3.13. The fourth-order valence-corrected chi connectivity index (χ4v) is 2.27. The predicted molar refractivity (Wildman–Crippen MR) is 55.9 cm³/mol. The van der Waals surface area contributed by atoms with Crippen molar-refractivity contribution in [3.05, 3.63) is 11.1 Å². The lowest BCUT2D eigenvalue weighted by molar-refractivity contribution is 0.122. The van der Waals surface area contributed by atoms with Crippen molar-refractivity contribution < 1.29 is 9.47 Å². The molecule has 0 saturated carbocycles. The van der Waals surface area contributed by atoms with Crippen molar-refractivity contribution >= 4 is 16.5 Å². The van der Waals surface area contributed by atoms with Crippen LogP contribution in [-0.2, 0) is 16.1 Å². The number of nitrogens with zero attached hydrogens (tertiary/aromatic N) is 2. The van der Waals surface area contributed by atoms with E-state index in [1.807, 2.05) is 5.38 Å². The number of hydrogen-bond acceptors (Lipinski definition) is 5. The van der Waals surface area contributed by atoms with Gasteiger partial charge in [0.2, 0.25) is 0 Å². The van der Waals surface area contributed by atoms with Crippen LogP contribution < -0.4 is 4.90 Å². The van der Waals surface area contributed by atoms with Gasteiger partial charge in [-0.15, -0.1) is 11.3 Å². The third kappa shape index (κ3) is 2.23. The van der Waals surface area contributed by atoms with Crippen LogP contribution in [0, 0.1) is 0 Å². The number of methoxy groups -OCH3 is 1. The number of aromatic nitrogens is 1. The predicted octanol–water partition coefficient (Wildman–Crippen LogP) is 1.13. The van der Waals surface area contributed by atoms with Gasteiger partial charge in [-0.25, -0.2) is 4.98 Å². The molecule has 78 valence electrons. The van der Waals surface area contributed by atoms with Gasteiger partial charge < -0.3 is 14.4 Å². The number of thiazole rings is 1. The highest BCUT2D eigenvalue weighted by Crippen LogP contribution is 2.21. The van der Waals surface area contributed by atoms with Gasteiger partial charge in [0.05, 0.1) is 25.5 Å². The van der Waals surface area contributed by atoms with Crippen LogP contribution in [0.2, 0.25) is 0 Å². The van der Waals surface area contributed by atoms with E-state index in [1.165, 1.54) is 0 Å². The normalized spacial score (nSPS) is 17.4. The summed E-state index contributed by atoms with van der Waals surface area (Å²) in [6.07, 6.45) is 0. The Bertz CT molecular complexity index is 284. The fraction of sp³-hybridized carbons (Fsp3) is 0.667. The van der Waals surface area contributed by atoms with Crippen molar-refractivity contribution in [1.29, 1.82) is 0 Å². The topological polar surface area (TPSA) is 34.6 Å². The molecule has 2 heterocycles. The van der Waals surface area contributed by atoms with Crippen LogP contribution in [-0.4, -0.2) is 38.4 Å². The molecule has 4 nitrogen and oxygen atoms in total. The number of anilines is 1. The molecule has 0 unspecified atom stereocenters. The summed E-state index contributed by atoms with van der Waals surface area (Å²) in [5.74, 6) is 0. The highest BCUT2D eigenvalue weighted by Gasteiger charge is 2.14. The summed E-state index contributed by atoms with van der Waals surface area (Å²) >= 11 is 1.68. The average molecular weight is 214 g/mol. The van der Waals surface area contributed by atoms with Gasteiger partial charge in [-0.3, -0.25) is 0 Å². The first-order valence-electron chi connectivity index (χ1n) is 4.66. The quantitative estimate of drug-likeness (QED) is 0.755. The molecule has 1 saturated heterocycles. The van der Waals surface area contributed by atoms with Crippen LogP contribution in [0.1, 0.15) is 5.69 Å². The van der Waals surface area contributed by atoms with Gasteiger partial charge in [0.25, 0.3) is 0 Å². The maximum Gasteiger partial charge on any atom is 0.185 e. The molecule has 2 rings (SSSR count). The van der Waals surface area contributed by atoms with E-state index in [4.69, 9.17) is 9.47 Å². The van der Waals surface area contributed by atoms with E-state index in [-0.39, 0.29) is 0 Å². The molecule has 14 heavy (non-hydrogen) atoms. The maximum absolute atomic E-state index is 5.29. The number of hydrogen-bond donors (Lipinski definition) is 0. The molecule has 1 aliphatic rings. The molecular weight excluding hydrogens is 200 g/mol. The van der Waals surface area contributed by atoms with Crippen molar-refractivity contribution in [3.8, 4) is 0 Å². The number of rotatable bonds is 3. The molecule has 0 atom stereocenters. The van der Waals surface area contributed by atoms with E-state index < -0.39 is 0 Å². The Morgan fingerprint density at radius 3 is 3.07 bits per heavy atom. The van der Waals surface area contributed by atoms with E-state index in [1.54, 1.807) is 18.4 Å². The zero-order chi connectivity index (χ0) is 9.80. The minimum atomic E-state index is 0.598. The lowest BCUT2D eigenvalue weighted by atomic mass is 10.4. The summed E-state index contributed by atoms with van der Waals surface area (Å²) in [6.45, 7) is 4.10. The number of morpholine rings is 1. The van der Waals surface area contributed by atoms with Crippen LogP contribution in [0.3, 0.4) is 0 Å². The second kappa shape index (κ2) is 4.72. The van der Waals surface area contributed by atoms with Gasteiger partial charge in [0.15, 0.2) is 5.13 Å². The standard InChI is InChI=1S/C9H14N2O2S/c1-12-6-8-7-14-9(10-8)11-2-4-13-5-3-11/h7H,2-6H2,1H3. The molecule has 1 fully saturated rings. The first-order valence-corrected chi connectivity index (χ1v) is 5.54. The van der Waals surface area contributed by atoms with Crippen LogP contribution in [0.5, 0.6) is 0 Å². The van der Waals surface area contributed by atoms with Crippen molar-refractivity contribution in [1.82, 2.24) is 4.98 Å². The Balaban J connectivity index is 2.00.